The molecular formula is C23H19Cl2F4N7O4. The Morgan fingerprint density at radius 2 is 1.82 bits per heavy atom. The molecule has 0 aliphatic heterocycles. The molecule has 2 unspecified atom stereocenters. The van der Waals surface area contributed by atoms with Gasteiger partial charge >= 0.3 is 18.0 Å². The standard InChI is InChI=1S/C23H19Cl2F4N7O4/c1-11(40-21(30)38)19-31-18(32-36(19)16-7-6-14(26)8-15(16)25)10-35-22(39)34(9-17(37)23(27,28)29)20(33-35)12-2-4-13(24)5-3-12/h2-8,11,17,37H,9-10H2,1H3,(H2,30,38). The third-order valence-corrected chi connectivity index (χ3v) is 6.07. The number of hydrogen-bond donors (Lipinski definition) is 2. The van der Waals surface area contributed by atoms with E-state index in [2.05, 4.69) is 15.2 Å². The first-order valence-corrected chi connectivity index (χ1v) is 12.1. The van der Waals surface area contributed by atoms with Gasteiger partial charge in [0.2, 0.25) is 0 Å². The Labute approximate surface area is 232 Å². The maximum atomic E-state index is 13.6. The van der Waals surface area contributed by atoms with Crippen LogP contribution in [0.5, 0.6) is 0 Å². The molecule has 0 bridgehead atoms. The first kappa shape index (κ1) is 29.0. The molecule has 4 rings (SSSR count). The molecule has 0 saturated carbocycles. The van der Waals surface area contributed by atoms with Gasteiger partial charge in [-0.25, -0.2) is 28.3 Å². The Morgan fingerprint density at radius 3 is 2.42 bits per heavy atom. The molecule has 2 aromatic carbocycles. The van der Waals surface area contributed by atoms with E-state index in [-0.39, 0.29) is 33.7 Å². The first-order chi connectivity index (χ1) is 18.7. The van der Waals surface area contributed by atoms with Crippen LogP contribution in [0.25, 0.3) is 17.1 Å². The average molecular weight is 604 g/mol. The van der Waals surface area contributed by atoms with Gasteiger partial charge in [-0.3, -0.25) is 4.57 Å². The van der Waals surface area contributed by atoms with E-state index in [9.17, 15) is 32.3 Å². The van der Waals surface area contributed by atoms with Crippen LogP contribution >= 0.6 is 23.2 Å². The molecule has 4 aromatic rings. The number of halogens is 6. The van der Waals surface area contributed by atoms with Crippen molar-refractivity contribution in [3.8, 4) is 17.1 Å². The highest BCUT2D eigenvalue weighted by molar-refractivity contribution is 6.32. The Bertz CT molecular complexity index is 1600. The normalized spacial score (nSPS) is 13.3. The molecule has 0 saturated heterocycles. The van der Waals surface area contributed by atoms with Crippen molar-refractivity contribution in [2.45, 2.75) is 38.4 Å². The molecule has 40 heavy (non-hydrogen) atoms. The van der Waals surface area contributed by atoms with Gasteiger partial charge in [-0.1, -0.05) is 23.2 Å². The molecule has 2 aromatic heterocycles. The molecule has 0 radical (unpaired) electrons. The van der Waals surface area contributed by atoms with Gasteiger partial charge in [0.25, 0.3) is 0 Å². The molecule has 2 heterocycles. The Hall–Kier alpha value is -3.95. The molecule has 2 atom stereocenters. The van der Waals surface area contributed by atoms with Gasteiger partial charge < -0.3 is 15.6 Å². The SMILES string of the molecule is CC(OC(N)=O)c1nc(Cn2nc(-c3ccc(Cl)cc3)n(CC(O)C(F)(F)F)c2=O)nn1-c1ccc(F)cc1Cl. The minimum absolute atomic E-state index is 0.0137. The number of carbonyl (C=O) groups excluding carboxylic acids is 1. The molecule has 0 aliphatic carbocycles. The van der Waals surface area contributed by atoms with Gasteiger partial charge in [-0.05, 0) is 49.4 Å². The van der Waals surface area contributed by atoms with E-state index in [1.165, 1.54) is 37.3 Å². The summed E-state index contributed by atoms with van der Waals surface area (Å²) >= 11 is 12.1. The average Bonchev–Trinajstić information content (AvgIpc) is 3.40. The second kappa shape index (κ2) is 11.3. The number of ether oxygens (including phenoxy) is 1. The number of primary amides is 1. The minimum Gasteiger partial charge on any atom is -0.438 e. The number of hydrogen-bond acceptors (Lipinski definition) is 7. The number of benzene rings is 2. The first-order valence-electron chi connectivity index (χ1n) is 11.3. The zero-order chi connectivity index (χ0) is 29.4. The molecule has 0 fully saturated rings. The number of nitrogens with two attached hydrogens (primary N) is 1. The predicted octanol–water partition coefficient (Wildman–Crippen LogP) is 3.87. The van der Waals surface area contributed by atoms with Crippen LogP contribution < -0.4 is 11.4 Å². The van der Waals surface area contributed by atoms with Gasteiger partial charge in [0.1, 0.15) is 12.4 Å². The predicted molar refractivity (Wildman–Crippen MR) is 134 cm³/mol. The third-order valence-electron chi connectivity index (χ3n) is 5.52. The lowest BCUT2D eigenvalue weighted by molar-refractivity contribution is -0.207. The number of carbonyl (C=O) groups is 1. The lowest BCUT2D eigenvalue weighted by Gasteiger charge is -2.15. The summed E-state index contributed by atoms with van der Waals surface area (Å²) in [5.41, 5.74) is 4.49. The van der Waals surface area contributed by atoms with Gasteiger partial charge in [0.05, 0.1) is 17.3 Å². The van der Waals surface area contributed by atoms with Crippen molar-refractivity contribution in [1.29, 1.82) is 0 Å². The van der Waals surface area contributed by atoms with Crippen LogP contribution in [0, 0.1) is 5.82 Å². The van der Waals surface area contributed by atoms with Crippen molar-refractivity contribution < 1.29 is 32.2 Å². The molecule has 212 valence electrons. The lowest BCUT2D eigenvalue weighted by atomic mass is 10.2. The third kappa shape index (κ3) is 6.26. The van der Waals surface area contributed by atoms with Gasteiger partial charge in [0.15, 0.2) is 29.7 Å². The number of nitrogens with zero attached hydrogens (tertiary/aromatic N) is 6. The lowest BCUT2D eigenvalue weighted by Crippen LogP contribution is -2.37. The summed E-state index contributed by atoms with van der Waals surface area (Å²) in [6.45, 7) is -0.177. The van der Waals surface area contributed by atoms with E-state index in [4.69, 9.17) is 33.7 Å². The minimum atomic E-state index is -5.00. The van der Waals surface area contributed by atoms with Crippen molar-refractivity contribution in [2.75, 3.05) is 0 Å². The van der Waals surface area contributed by atoms with Crippen LogP contribution in [0.3, 0.4) is 0 Å². The summed E-state index contributed by atoms with van der Waals surface area (Å²) in [5, 5.41) is 18.3. The fourth-order valence-corrected chi connectivity index (χ4v) is 4.06. The number of rotatable bonds is 8. The van der Waals surface area contributed by atoms with Crippen molar-refractivity contribution in [2.24, 2.45) is 5.73 Å². The number of amides is 1. The van der Waals surface area contributed by atoms with E-state index in [1.807, 2.05) is 0 Å². The molecule has 3 N–H and O–H groups in total. The maximum absolute atomic E-state index is 13.6. The van der Waals surface area contributed by atoms with Gasteiger partial charge in [-0.2, -0.15) is 13.2 Å². The van der Waals surface area contributed by atoms with Crippen LogP contribution in [0.1, 0.15) is 24.7 Å². The monoisotopic (exact) mass is 603 g/mol. The second-order valence-corrected chi connectivity index (χ2v) is 9.26. The number of aliphatic hydroxyl groups is 1. The summed E-state index contributed by atoms with van der Waals surface area (Å²) < 4.78 is 60.6. The highest BCUT2D eigenvalue weighted by Gasteiger charge is 2.39. The molecule has 11 nitrogen and oxygen atoms in total. The maximum Gasteiger partial charge on any atom is 0.416 e. The van der Waals surface area contributed by atoms with E-state index >= 15 is 0 Å². The van der Waals surface area contributed by atoms with E-state index in [1.54, 1.807) is 0 Å². The molecule has 1 amide bonds. The molecule has 17 heteroatoms. The Balaban J connectivity index is 1.80. The van der Waals surface area contributed by atoms with E-state index in [0.29, 0.717) is 9.59 Å². The van der Waals surface area contributed by atoms with Crippen molar-refractivity contribution in [1.82, 2.24) is 29.1 Å². The summed E-state index contributed by atoms with van der Waals surface area (Å²) in [7, 11) is 0. The number of aliphatic hydroxyl groups excluding tert-OH is 1. The van der Waals surface area contributed by atoms with Crippen LogP contribution in [-0.2, 0) is 17.8 Å². The van der Waals surface area contributed by atoms with Crippen LogP contribution in [0.15, 0.2) is 47.3 Å². The van der Waals surface area contributed by atoms with Crippen LogP contribution in [0.2, 0.25) is 10.0 Å². The zero-order valence-electron chi connectivity index (χ0n) is 20.3. The Kier molecular flexibility index (Phi) is 8.18. The van der Waals surface area contributed by atoms with Crippen molar-refractivity contribution in [3.63, 3.8) is 0 Å². The molecular weight excluding hydrogens is 585 g/mol. The molecule has 0 aliphatic rings. The van der Waals surface area contributed by atoms with E-state index in [0.717, 1.165) is 21.5 Å². The highest BCUT2D eigenvalue weighted by atomic mass is 35.5. The van der Waals surface area contributed by atoms with Crippen LogP contribution in [-0.4, -0.2) is 52.6 Å². The smallest absolute Gasteiger partial charge is 0.416 e. The highest BCUT2D eigenvalue weighted by Crippen LogP contribution is 2.27. The van der Waals surface area contributed by atoms with Crippen molar-refractivity contribution >= 4 is 29.3 Å². The van der Waals surface area contributed by atoms with Gasteiger partial charge in [-0.15, -0.1) is 10.2 Å². The Morgan fingerprint density at radius 1 is 1.15 bits per heavy atom. The zero-order valence-corrected chi connectivity index (χ0v) is 21.8. The van der Waals surface area contributed by atoms with Crippen molar-refractivity contribution in [3.05, 3.63) is 80.5 Å². The van der Waals surface area contributed by atoms with Gasteiger partial charge in [0, 0.05) is 10.6 Å². The van der Waals surface area contributed by atoms with E-state index < -0.39 is 49.1 Å². The number of alkyl halides is 3. The largest absolute Gasteiger partial charge is 0.438 e. The summed E-state index contributed by atoms with van der Waals surface area (Å²) in [6, 6.07) is 9.18. The fraction of sp³-hybridized carbons (Fsp3) is 0.261. The summed E-state index contributed by atoms with van der Waals surface area (Å²) in [4.78, 5) is 28.8. The summed E-state index contributed by atoms with van der Waals surface area (Å²) in [6.07, 6.45) is -10.1. The number of aromatic nitrogens is 6. The summed E-state index contributed by atoms with van der Waals surface area (Å²) in [5.74, 6) is -0.928. The topological polar surface area (TPSA) is 143 Å². The fourth-order valence-electron chi connectivity index (χ4n) is 3.69. The van der Waals surface area contributed by atoms with Crippen LogP contribution in [0.4, 0.5) is 22.4 Å². The second-order valence-electron chi connectivity index (χ2n) is 8.41. The molecule has 0 spiro atoms. The quantitative estimate of drug-likeness (QED) is 0.291.